The first-order chi connectivity index (χ1) is 12.6. The van der Waals surface area contributed by atoms with Crippen LogP contribution in [0.1, 0.15) is 16.8 Å². The van der Waals surface area contributed by atoms with E-state index in [-0.39, 0.29) is 18.9 Å². The van der Waals surface area contributed by atoms with Crippen molar-refractivity contribution in [1.82, 2.24) is 10.1 Å². The number of aliphatic hydroxyl groups is 5. The molecule has 4 unspecified atom stereocenters. The molecule has 5 N–H and O–H groups in total. The molecule has 9 heteroatoms. The summed E-state index contributed by atoms with van der Waals surface area (Å²) in [4.78, 5) is 13.6. The summed E-state index contributed by atoms with van der Waals surface area (Å²) >= 11 is 0. The zero-order chi connectivity index (χ0) is 20.3. The Morgan fingerprint density at radius 1 is 1.15 bits per heavy atom. The lowest BCUT2D eigenvalue weighted by molar-refractivity contribution is -0.137. The average molecular weight is 382 g/mol. The number of aliphatic hydroxyl groups excluding tert-OH is 5. The Bertz CT molecular complexity index is 791. The lowest BCUT2D eigenvalue weighted by Crippen LogP contribution is -2.50. The minimum Gasteiger partial charge on any atom is -0.394 e. The Morgan fingerprint density at radius 3 is 2.41 bits per heavy atom. The van der Waals surface area contributed by atoms with Gasteiger partial charge in [-0.25, -0.2) is 0 Å². The number of carbonyl (C=O) groups is 1. The molecule has 0 spiro atoms. The highest BCUT2D eigenvalue weighted by atomic mass is 16.5. The van der Waals surface area contributed by atoms with E-state index in [0.717, 1.165) is 16.5 Å². The first kappa shape index (κ1) is 21.3. The molecular formula is C18H26N2O7. The summed E-state index contributed by atoms with van der Waals surface area (Å²) in [6, 6.07) is 3.84. The van der Waals surface area contributed by atoms with Gasteiger partial charge in [-0.1, -0.05) is 11.2 Å². The molecule has 1 aromatic carbocycles. The van der Waals surface area contributed by atoms with Gasteiger partial charge in [0, 0.05) is 19.0 Å². The lowest BCUT2D eigenvalue weighted by atomic mass is 10.0. The maximum atomic E-state index is 12.4. The van der Waals surface area contributed by atoms with E-state index in [1.165, 1.54) is 11.9 Å². The van der Waals surface area contributed by atoms with Crippen molar-refractivity contribution in [2.24, 2.45) is 0 Å². The van der Waals surface area contributed by atoms with Crippen LogP contribution in [-0.2, 0) is 11.2 Å². The van der Waals surface area contributed by atoms with Gasteiger partial charge in [0.25, 0.3) is 0 Å². The van der Waals surface area contributed by atoms with Crippen molar-refractivity contribution in [2.75, 3.05) is 20.2 Å². The molecule has 0 aliphatic heterocycles. The third kappa shape index (κ3) is 4.82. The quantitative estimate of drug-likeness (QED) is 0.386. The Balaban J connectivity index is 2.04. The fourth-order valence-electron chi connectivity index (χ4n) is 2.90. The molecule has 0 saturated carbocycles. The molecule has 1 aromatic heterocycles. The van der Waals surface area contributed by atoms with Gasteiger partial charge in [-0.2, -0.15) is 0 Å². The number of aromatic nitrogens is 1. The maximum Gasteiger partial charge on any atom is 0.228 e. The van der Waals surface area contributed by atoms with Crippen LogP contribution in [0.3, 0.4) is 0 Å². The number of likely N-dealkylation sites (N-methyl/N-ethyl adjacent to an activating group) is 1. The summed E-state index contributed by atoms with van der Waals surface area (Å²) < 4.78 is 5.31. The van der Waals surface area contributed by atoms with Gasteiger partial charge in [0.1, 0.15) is 30.1 Å². The first-order valence-corrected chi connectivity index (χ1v) is 8.58. The average Bonchev–Trinajstić information content (AvgIpc) is 3.02. The van der Waals surface area contributed by atoms with E-state index in [9.17, 15) is 25.2 Å². The predicted octanol–water partition coefficient (Wildman–Crippen LogP) is -1.12. The molecule has 1 amide bonds. The number of nitrogens with zero attached hydrogens (tertiary/aromatic N) is 2. The molecule has 0 radical (unpaired) electrons. The van der Waals surface area contributed by atoms with Gasteiger partial charge in [-0.05, 0) is 31.0 Å². The van der Waals surface area contributed by atoms with Gasteiger partial charge in [0.2, 0.25) is 5.91 Å². The minimum absolute atomic E-state index is 0.0585. The molecular weight excluding hydrogens is 356 g/mol. The van der Waals surface area contributed by atoms with Gasteiger partial charge in [-0.3, -0.25) is 4.79 Å². The van der Waals surface area contributed by atoms with E-state index in [2.05, 4.69) is 5.16 Å². The molecule has 0 aliphatic rings. The number of aryl methyl sites for hydroxylation is 2. The fourth-order valence-corrected chi connectivity index (χ4v) is 2.90. The highest BCUT2D eigenvalue weighted by Gasteiger charge is 2.31. The molecule has 27 heavy (non-hydrogen) atoms. The van der Waals surface area contributed by atoms with Crippen LogP contribution in [0.4, 0.5) is 0 Å². The van der Waals surface area contributed by atoms with E-state index >= 15 is 0 Å². The summed E-state index contributed by atoms with van der Waals surface area (Å²) in [6.45, 7) is 2.78. The van der Waals surface area contributed by atoms with E-state index < -0.39 is 31.0 Å². The predicted molar refractivity (Wildman–Crippen MR) is 95.9 cm³/mol. The zero-order valence-corrected chi connectivity index (χ0v) is 15.5. The van der Waals surface area contributed by atoms with E-state index in [1.807, 2.05) is 26.0 Å². The number of carbonyl (C=O) groups excluding carboxylic acids is 1. The Hall–Kier alpha value is -2.04. The molecule has 0 fully saturated rings. The number of hydrogen-bond acceptors (Lipinski definition) is 8. The Labute approximate surface area is 156 Å². The molecule has 0 aliphatic carbocycles. The van der Waals surface area contributed by atoms with Crippen molar-refractivity contribution in [1.29, 1.82) is 0 Å². The maximum absolute atomic E-state index is 12.4. The SMILES string of the molecule is Cc1cc(C)c2onc(CC(=O)N(C)CC(O)C(O)C(O)C(O)CO)c2c1. The summed E-state index contributed by atoms with van der Waals surface area (Å²) in [7, 11) is 1.44. The first-order valence-electron chi connectivity index (χ1n) is 8.58. The lowest BCUT2D eigenvalue weighted by Gasteiger charge is -2.28. The van der Waals surface area contributed by atoms with Gasteiger partial charge in [-0.15, -0.1) is 0 Å². The van der Waals surface area contributed by atoms with Crippen LogP contribution in [0.15, 0.2) is 16.7 Å². The molecule has 150 valence electrons. The van der Waals surface area contributed by atoms with Crippen LogP contribution < -0.4 is 0 Å². The van der Waals surface area contributed by atoms with Crippen molar-refractivity contribution in [3.8, 4) is 0 Å². The molecule has 0 bridgehead atoms. The fraction of sp³-hybridized carbons (Fsp3) is 0.556. The van der Waals surface area contributed by atoms with Gasteiger partial charge < -0.3 is 35.0 Å². The van der Waals surface area contributed by atoms with Crippen LogP contribution in [0.5, 0.6) is 0 Å². The number of fused-ring (bicyclic) bond motifs is 1. The molecule has 2 aromatic rings. The molecule has 0 saturated heterocycles. The van der Waals surface area contributed by atoms with Crippen molar-refractivity contribution < 1.29 is 34.9 Å². The highest BCUT2D eigenvalue weighted by molar-refractivity contribution is 5.88. The van der Waals surface area contributed by atoms with Gasteiger partial charge >= 0.3 is 0 Å². The van der Waals surface area contributed by atoms with E-state index in [1.54, 1.807) is 0 Å². The molecule has 1 heterocycles. The monoisotopic (exact) mass is 382 g/mol. The molecule has 4 atom stereocenters. The van der Waals surface area contributed by atoms with Crippen LogP contribution in [0.25, 0.3) is 11.0 Å². The molecule has 9 nitrogen and oxygen atoms in total. The van der Waals surface area contributed by atoms with Crippen LogP contribution in [-0.4, -0.2) is 86.1 Å². The van der Waals surface area contributed by atoms with Crippen molar-refractivity contribution in [3.63, 3.8) is 0 Å². The zero-order valence-electron chi connectivity index (χ0n) is 15.5. The number of hydrogen-bond donors (Lipinski definition) is 5. The van der Waals surface area contributed by atoms with Gasteiger partial charge in [0.05, 0.1) is 13.0 Å². The van der Waals surface area contributed by atoms with Crippen LogP contribution in [0.2, 0.25) is 0 Å². The second-order valence-corrected chi connectivity index (χ2v) is 6.84. The Morgan fingerprint density at radius 2 is 1.78 bits per heavy atom. The minimum atomic E-state index is -1.74. The number of rotatable bonds is 8. The highest BCUT2D eigenvalue weighted by Crippen LogP contribution is 2.24. The van der Waals surface area contributed by atoms with Crippen molar-refractivity contribution in [3.05, 3.63) is 29.0 Å². The topological polar surface area (TPSA) is 147 Å². The largest absolute Gasteiger partial charge is 0.394 e. The van der Waals surface area contributed by atoms with Gasteiger partial charge in [0.15, 0.2) is 5.58 Å². The summed E-state index contributed by atoms with van der Waals surface area (Å²) in [5.74, 6) is -0.368. The second-order valence-electron chi connectivity index (χ2n) is 6.84. The summed E-state index contributed by atoms with van der Waals surface area (Å²) in [5.41, 5.74) is 3.02. The summed E-state index contributed by atoms with van der Waals surface area (Å²) in [6.07, 6.45) is -6.62. The molecule has 2 rings (SSSR count). The van der Waals surface area contributed by atoms with Crippen LogP contribution >= 0.6 is 0 Å². The third-order valence-electron chi connectivity index (χ3n) is 4.51. The van der Waals surface area contributed by atoms with E-state index in [4.69, 9.17) is 9.63 Å². The number of benzene rings is 1. The summed E-state index contributed by atoms with van der Waals surface area (Å²) in [5, 5.41) is 52.3. The number of amides is 1. The normalized spacial score (nSPS) is 16.1. The van der Waals surface area contributed by atoms with Crippen LogP contribution in [0, 0.1) is 13.8 Å². The standard InChI is InChI=1S/C18H26N2O7/c1-9-4-10(2)18-11(5-9)12(19-27-18)6-15(24)20(3)7-13(22)16(25)17(26)14(23)8-21/h4-5,13-14,16-17,21-23,25-26H,6-8H2,1-3H3. The Kier molecular flexibility index (Phi) is 6.90. The van der Waals surface area contributed by atoms with E-state index in [0.29, 0.717) is 11.3 Å². The third-order valence-corrected chi connectivity index (χ3v) is 4.51. The van der Waals surface area contributed by atoms with Crippen molar-refractivity contribution in [2.45, 2.75) is 44.7 Å². The second kappa shape index (κ2) is 8.77. The smallest absolute Gasteiger partial charge is 0.228 e. The van der Waals surface area contributed by atoms with Crippen molar-refractivity contribution >= 4 is 16.9 Å².